The molecule has 0 aromatic heterocycles. The van der Waals surface area contributed by atoms with E-state index >= 15 is 0 Å². The first-order valence-corrected chi connectivity index (χ1v) is 15.3. The highest BCUT2D eigenvalue weighted by atomic mass is 16.6. The minimum Gasteiger partial charge on any atom is -0.507 e. The van der Waals surface area contributed by atoms with Gasteiger partial charge in [-0.3, -0.25) is 19.7 Å². The van der Waals surface area contributed by atoms with Gasteiger partial charge < -0.3 is 19.5 Å². The van der Waals surface area contributed by atoms with Crippen molar-refractivity contribution < 1.29 is 34.0 Å². The van der Waals surface area contributed by atoms with Crippen LogP contribution < -0.4 is 4.90 Å². The Morgan fingerprint density at radius 1 is 1.11 bits per heavy atom. The SMILES string of the molecule is CC/C(=C\c1ccc(O)c2ccccc12)CC[C@H]1OB(O)C[C@H]2C1=C(COC)C[C@H]1C(=O)N(c3cccc([N+](=O)[O-])c3)C(=O)[C@H]12. The van der Waals surface area contributed by atoms with Crippen molar-refractivity contribution in [2.75, 3.05) is 18.6 Å². The molecule has 3 aromatic carbocycles. The molecular formula is C34H35BN2O8. The maximum Gasteiger partial charge on any atom is 0.455 e. The predicted molar refractivity (Wildman–Crippen MR) is 170 cm³/mol. The Labute approximate surface area is 261 Å². The van der Waals surface area contributed by atoms with Gasteiger partial charge in [-0.05, 0) is 72.1 Å². The van der Waals surface area contributed by atoms with E-state index in [0.29, 0.717) is 19.3 Å². The summed E-state index contributed by atoms with van der Waals surface area (Å²) in [7, 11) is 0.468. The second-order valence-corrected chi connectivity index (χ2v) is 12.0. The lowest BCUT2D eigenvalue weighted by atomic mass is 9.58. The molecule has 0 unspecified atom stereocenters. The van der Waals surface area contributed by atoms with E-state index in [1.54, 1.807) is 13.2 Å². The molecule has 2 aliphatic heterocycles. The van der Waals surface area contributed by atoms with E-state index < -0.39 is 47.7 Å². The normalized spacial score (nSPS) is 23.5. The number of allylic oxidation sites excluding steroid dienone is 1. The van der Waals surface area contributed by atoms with Gasteiger partial charge in [-0.1, -0.05) is 55.0 Å². The maximum absolute atomic E-state index is 13.9. The molecule has 0 spiro atoms. The number of nitro benzene ring substituents is 1. The first-order valence-electron chi connectivity index (χ1n) is 15.3. The van der Waals surface area contributed by atoms with Crippen molar-refractivity contribution in [2.45, 2.75) is 45.0 Å². The molecule has 2 heterocycles. The fourth-order valence-electron chi connectivity index (χ4n) is 7.39. The number of nitro groups is 1. The molecule has 3 aromatic rings. The Morgan fingerprint density at radius 3 is 2.62 bits per heavy atom. The van der Waals surface area contributed by atoms with Gasteiger partial charge in [0.1, 0.15) is 5.75 Å². The molecule has 0 saturated carbocycles. The molecule has 45 heavy (non-hydrogen) atoms. The number of hydrogen-bond donors (Lipinski definition) is 2. The van der Waals surface area contributed by atoms with E-state index in [1.165, 1.54) is 24.3 Å². The molecule has 2 fully saturated rings. The zero-order valence-electron chi connectivity index (χ0n) is 25.2. The summed E-state index contributed by atoms with van der Waals surface area (Å²) >= 11 is 0. The number of methoxy groups -OCH3 is 1. The fourth-order valence-corrected chi connectivity index (χ4v) is 7.39. The Kier molecular flexibility index (Phi) is 8.59. The standard InChI is InChI=1S/C34H35BN2O8/c1-3-20(15-21-12-13-29(38)26-10-5-4-9-25(21)26)11-14-30-31-22(19-44-2)16-27-32(28(31)18-35(41)45-30)34(40)36(33(27)39)23-7-6-8-24(17-23)37(42)43/h4-10,12-13,15,17,27-28,30,32,38,41H,3,11,14,16,18-19H2,1-2H3/b20-15+/t27-,28+,30-,32-/m1/s1. The molecule has 6 rings (SSSR count). The topological polar surface area (TPSA) is 139 Å². The third-order valence-electron chi connectivity index (χ3n) is 9.40. The van der Waals surface area contributed by atoms with Crippen molar-refractivity contribution in [1.29, 1.82) is 0 Å². The summed E-state index contributed by atoms with van der Waals surface area (Å²) < 4.78 is 11.7. The number of carbonyl (C=O) groups is 2. The van der Waals surface area contributed by atoms with Crippen molar-refractivity contribution in [1.82, 2.24) is 0 Å². The van der Waals surface area contributed by atoms with E-state index in [1.807, 2.05) is 30.3 Å². The molecule has 232 valence electrons. The van der Waals surface area contributed by atoms with Gasteiger partial charge in [-0.2, -0.15) is 0 Å². The van der Waals surface area contributed by atoms with Crippen LogP contribution in [0.2, 0.25) is 6.32 Å². The van der Waals surface area contributed by atoms with Gasteiger partial charge in [-0.15, -0.1) is 0 Å². The highest BCUT2D eigenvalue weighted by molar-refractivity contribution is 6.43. The Balaban J connectivity index is 1.30. The number of amides is 2. The molecule has 2 amide bonds. The average Bonchev–Trinajstić information content (AvgIpc) is 3.29. The summed E-state index contributed by atoms with van der Waals surface area (Å²) in [6, 6.07) is 16.9. The lowest BCUT2D eigenvalue weighted by Gasteiger charge is -2.43. The number of aromatic hydroxyl groups is 1. The molecule has 0 bridgehead atoms. The van der Waals surface area contributed by atoms with Gasteiger partial charge in [0, 0.05) is 24.6 Å². The lowest BCUT2D eigenvalue weighted by molar-refractivity contribution is -0.384. The van der Waals surface area contributed by atoms with Gasteiger partial charge in [0.25, 0.3) is 5.69 Å². The number of fused-ring (bicyclic) bond motifs is 4. The first-order chi connectivity index (χ1) is 21.7. The summed E-state index contributed by atoms with van der Waals surface area (Å²) in [5.74, 6) is -2.38. The molecule has 2 saturated heterocycles. The van der Waals surface area contributed by atoms with Crippen molar-refractivity contribution in [3.63, 3.8) is 0 Å². The zero-order valence-corrected chi connectivity index (χ0v) is 25.2. The molecule has 10 nitrogen and oxygen atoms in total. The van der Waals surface area contributed by atoms with Gasteiger partial charge >= 0.3 is 7.12 Å². The Bertz CT molecular complexity index is 1740. The summed E-state index contributed by atoms with van der Waals surface area (Å²) in [6.45, 7) is 2.35. The zero-order chi connectivity index (χ0) is 31.8. The number of phenolic OH excluding ortho intramolecular Hbond substituents is 1. The number of rotatable bonds is 9. The van der Waals surface area contributed by atoms with Crippen LogP contribution in [0.25, 0.3) is 16.8 Å². The van der Waals surface area contributed by atoms with Crippen LogP contribution >= 0.6 is 0 Å². The minimum absolute atomic E-state index is 0.165. The van der Waals surface area contributed by atoms with Crippen LogP contribution in [-0.4, -0.2) is 53.8 Å². The van der Waals surface area contributed by atoms with Gasteiger partial charge in [0.2, 0.25) is 11.8 Å². The molecule has 3 aliphatic rings. The largest absolute Gasteiger partial charge is 0.507 e. The van der Waals surface area contributed by atoms with E-state index in [-0.39, 0.29) is 30.1 Å². The number of carbonyl (C=O) groups excluding carboxylic acids is 2. The van der Waals surface area contributed by atoms with Crippen molar-refractivity contribution in [3.8, 4) is 5.75 Å². The predicted octanol–water partition coefficient (Wildman–Crippen LogP) is 5.68. The van der Waals surface area contributed by atoms with Crippen LogP contribution in [0.5, 0.6) is 5.75 Å². The third-order valence-corrected chi connectivity index (χ3v) is 9.40. The number of anilines is 1. The van der Waals surface area contributed by atoms with Crippen LogP contribution in [0.3, 0.4) is 0 Å². The number of nitrogens with zero attached hydrogens (tertiary/aromatic N) is 2. The number of hydrogen-bond acceptors (Lipinski definition) is 8. The van der Waals surface area contributed by atoms with Crippen LogP contribution in [0.15, 0.2) is 77.4 Å². The number of ether oxygens (including phenoxy) is 1. The number of imide groups is 1. The summed E-state index contributed by atoms with van der Waals surface area (Å²) in [5, 5.41) is 34.4. The monoisotopic (exact) mass is 610 g/mol. The molecule has 11 heteroatoms. The second kappa shape index (κ2) is 12.6. The van der Waals surface area contributed by atoms with Gasteiger partial charge in [0.05, 0.1) is 35.2 Å². The smallest absolute Gasteiger partial charge is 0.455 e. The molecular weight excluding hydrogens is 575 g/mol. The summed E-state index contributed by atoms with van der Waals surface area (Å²) in [4.78, 5) is 39.6. The van der Waals surface area contributed by atoms with Crippen LogP contribution in [0.1, 0.15) is 38.2 Å². The van der Waals surface area contributed by atoms with E-state index in [0.717, 1.165) is 44.4 Å². The van der Waals surface area contributed by atoms with Crippen LogP contribution in [-0.2, 0) is 19.0 Å². The number of benzene rings is 3. The van der Waals surface area contributed by atoms with Crippen molar-refractivity contribution >= 4 is 47.2 Å². The third kappa shape index (κ3) is 5.67. The highest BCUT2D eigenvalue weighted by Gasteiger charge is 2.57. The highest BCUT2D eigenvalue weighted by Crippen LogP contribution is 2.51. The second-order valence-electron chi connectivity index (χ2n) is 12.0. The van der Waals surface area contributed by atoms with Crippen LogP contribution in [0, 0.1) is 27.9 Å². The van der Waals surface area contributed by atoms with E-state index in [9.17, 15) is 29.8 Å². The Hall–Kier alpha value is -4.32. The summed E-state index contributed by atoms with van der Waals surface area (Å²) in [5.41, 5.74) is 3.94. The molecule has 2 N–H and O–H groups in total. The van der Waals surface area contributed by atoms with Gasteiger partial charge in [-0.25, -0.2) is 4.90 Å². The maximum atomic E-state index is 13.9. The summed E-state index contributed by atoms with van der Waals surface area (Å²) in [6.07, 6.45) is 4.14. The van der Waals surface area contributed by atoms with Crippen molar-refractivity contribution in [3.05, 3.63) is 93.1 Å². The van der Waals surface area contributed by atoms with E-state index in [2.05, 4.69) is 13.0 Å². The fraction of sp³-hybridized carbons (Fsp3) is 0.353. The molecule has 0 radical (unpaired) electrons. The first kappa shape index (κ1) is 30.7. The average molecular weight is 610 g/mol. The van der Waals surface area contributed by atoms with Crippen molar-refractivity contribution in [2.24, 2.45) is 17.8 Å². The van der Waals surface area contributed by atoms with Gasteiger partial charge in [0.15, 0.2) is 0 Å². The quantitative estimate of drug-likeness (QED) is 0.104. The van der Waals surface area contributed by atoms with E-state index in [4.69, 9.17) is 9.39 Å². The number of phenols is 1. The minimum atomic E-state index is -1.11. The molecule has 4 atom stereocenters. The number of non-ortho nitro benzene ring substituents is 1. The van der Waals surface area contributed by atoms with Crippen LogP contribution in [0.4, 0.5) is 11.4 Å². The lowest BCUT2D eigenvalue weighted by Crippen LogP contribution is -2.46. The molecule has 1 aliphatic carbocycles. The Morgan fingerprint density at radius 2 is 1.89 bits per heavy atom.